The first-order valence-electron chi connectivity index (χ1n) is 6.57. The number of hydrogen-bond donors (Lipinski definition) is 1. The van der Waals surface area contributed by atoms with Gasteiger partial charge in [0.05, 0.1) is 0 Å². The van der Waals surface area contributed by atoms with E-state index in [0.29, 0.717) is 5.02 Å². The summed E-state index contributed by atoms with van der Waals surface area (Å²) in [5.41, 5.74) is 1.86. The maximum Gasteiger partial charge on any atom is 0.240 e. The molecule has 20 heavy (non-hydrogen) atoms. The van der Waals surface area contributed by atoms with Gasteiger partial charge in [-0.25, -0.2) is 8.78 Å². The van der Waals surface area contributed by atoms with E-state index >= 15 is 0 Å². The Kier molecular flexibility index (Phi) is 7.17. The van der Waals surface area contributed by atoms with Crippen molar-refractivity contribution >= 4 is 24.0 Å². The lowest BCUT2D eigenvalue weighted by atomic mass is 10.00. The molecule has 1 fully saturated rings. The third kappa shape index (κ3) is 4.55. The van der Waals surface area contributed by atoms with Crippen LogP contribution in [0.1, 0.15) is 23.6 Å². The molecule has 0 radical (unpaired) electrons. The number of piperazine rings is 1. The lowest BCUT2D eigenvalue weighted by Crippen LogP contribution is -2.45. The topological polar surface area (TPSA) is 15.3 Å². The maximum absolute atomic E-state index is 12.8. The molecule has 1 aliphatic heterocycles. The highest BCUT2D eigenvalue weighted by molar-refractivity contribution is 6.31. The smallest absolute Gasteiger partial charge is 0.240 e. The van der Waals surface area contributed by atoms with Gasteiger partial charge in [0.15, 0.2) is 0 Å². The SMILES string of the molecule is Cc1ccc([C@H](CC(F)F)N2CCNCC2)cc1Cl.Cl. The number of benzene rings is 1. The molecule has 0 aliphatic carbocycles. The molecule has 0 amide bonds. The number of rotatable bonds is 4. The van der Waals surface area contributed by atoms with Crippen molar-refractivity contribution in [2.45, 2.75) is 25.8 Å². The lowest BCUT2D eigenvalue weighted by Gasteiger charge is -2.35. The first-order valence-corrected chi connectivity index (χ1v) is 6.94. The van der Waals surface area contributed by atoms with Gasteiger partial charge in [0.1, 0.15) is 0 Å². The van der Waals surface area contributed by atoms with E-state index in [1.165, 1.54) is 0 Å². The summed E-state index contributed by atoms with van der Waals surface area (Å²) in [6, 6.07) is 5.39. The van der Waals surface area contributed by atoms with Gasteiger partial charge in [-0.1, -0.05) is 23.7 Å². The minimum absolute atomic E-state index is 0. The van der Waals surface area contributed by atoms with Gasteiger partial charge in [-0.3, -0.25) is 4.90 Å². The normalized spacial score (nSPS) is 17.9. The molecule has 0 aromatic heterocycles. The summed E-state index contributed by atoms with van der Waals surface area (Å²) in [6.45, 7) is 5.20. The van der Waals surface area contributed by atoms with Crippen LogP contribution < -0.4 is 5.32 Å². The molecule has 114 valence electrons. The van der Waals surface area contributed by atoms with Gasteiger partial charge in [0, 0.05) is 43.7 Å². The summed E-state index contributed by atoms with van der Waals surface area (Å²) in [7, 11) is 0. The second kappa shape index (κ2) is 8.13. The molecule has 0 spiro atoms. The predicted octanol–water partition coefficient (Wildman–Crippen LogP) is 3.67. The number of nitrogens with zero attached hydrogens (tertiary/aromatic N) is 1. The molecule has 1 atom stereocenters. The Morgan fingerprint density at radius 1 is 1.30 bits per heavy atom. The molecule has 1 aliphatic rings. The monoisotopic (exact) mass is 324 g/mol. The molecule has 1 aromatic rings. The van der Waals surface area contributed by atoms with Gasteiger partial charge in [0.2, 0.25) is 6.43 Å². The van der Waals surface area contributed by atoms with Crippen molar-refractivity contribution in [3.63, 3.8) is 0 Å². The molecular formula is C14H20Cl2F2N2. The number of hydrogen-bond acceptors (Lipinski definition) is 2. The highest BCUT2D eigenvalue weighted by Gasteiger charge is 2.25. The van der Waals surface area contributed by atoms with E-state index in [4.69, 9.17) is 11.6 Å². The Morgan fingerprint density at radius 3 is 2.50 bits per heavy atom. The van der Waals surface area contributed by atoms with Crippen molar-refractivity contribution in [2.24, 2.45) is 0 Å². The zero-order chi connectivity index (χ0) is 13.8. The van der Waals surface area contributed by atoms with E-state index in [-0.39, 0.29) is 24.9 Å². The van der Waals surface area contributed by atoms with Crippen LogP contribution in [-0.4, -0.2) is 37.5 Å². The summed E-state index contributed by atoms with van der Waals surface area (Å²) >= 11 is 6.12. The van der Waals surface area contributed by atoms with E-state index in [9.17, 15) is 8.78 Å². The highest BCUT2D eigenvalue weighted by Crippen LogP contribution is 2.30. The summed E-state index contributed by atoms with van der Waals surface area (Å²) in [5, 5.41) is 3.88. The third-order valence-electron chi connectivity index (χ3n) is 3.57. The highest BCUT2D eigenvalue weighted by atomic mass is 35.5. The van der Waals surface area contributed by atoms with Crippen LogP contribution in [0.3, 0.4) is 0 Å². The van der Waals surface area contributed by atoms with E-state index in [2.05, 4.69) is 10.2 Å². The van der Waals surface area contributed by atoms with Gasteiger partial charge in [0.25, 0.3) is 0 Å². The Bertz CT molecular complexity index is 424. The number of halogens is 4. The van der Waals surface area contributed by atoms with E-state index in [1.54, 1.807) is 0 Å². The molecular weight excluding hydrogens is 305 g/mol. The average Bonchev–Trinajstić information content (AvgIpc) is 2.40. The predicted molar refractivity (Wildman–Crippen MR) is 81.2 cm³/mol. The van der Waals surface area contributed by atoms with Gasteiger partial charge >= 0.3 is 0 Å². The molecule has 1 heterocycles. The van der Waals surface area contributed by atoms with Crippen LogP contribution in [0, 0.1) is 6.92 Å². The average molecular weight is 325 g/mol. The van der Waals surface area contributed by atoms with Crippen LogP contribution in [0.5, 0.6) is 0 Å². The Balaban J connectivity index is 0.00000200. The fourth-order valence-electron chi connectivity index (χ4n) is 2.47. The number of alkyl halides is 2. The maximum atomic E-state index is 12.8. The van der Waals surface area contributed by atoms with Crippen LogP contribution in [0.25, 0.3) is 0 Å². The van der Waals surface area contributed by atoms with Crippen LogP contribution in [0.4, 0.5) is 8.78 Å². The molecule has 1 saturated heterocycles. The molecule has 2 nitrogen and oxygen atoms in total. The van der Waals surface area contributed by atoms with Crippen molar-refractivity contribution in [1.82, 2.24) is 10.2 Å². The summed E-state index contributed by atoms with van der Waals surface area (Å²) in [6.07, 6.45) is -2.45. The lowest BCUT2D eigenvalue weighted by molar-refractivity contribution is 0.0739. The zero-order valence-electron chi connectivity index (χ0n) is 11.4. The fraction of sp³-hybridized carbons (Fsp3) is 0.571. The number of nitrogens with one attached hydrogen (secondary N) is 1. The minimum Gasteiger partial charge on any atom is -0.314 e. The molecule has 6 heteroatoms. The summed E-state index contributed by atoms with van der Waals surface area (Å²) in [4.78, 5) is 2.11. The zero-order valence-corrected chi connectivity index (χ0v) is 13.0. The molecule has 1 aromatic carbocycles. The number of aryl methyl sites for hydroxylation is 1. The summed E-state index contributed by atoms with van der Waals surface area (Å²) < 4.78 is 25.7. The van der Waals surface area contributed by atoms with E-state index in [0.717, 1.165) is 37.3 Å². The first kappa shape index (κ1) is 17.6. The van der Waals surface area contributed by atoms with E-state index < -0.39 is 6.43 Å². The van der Waals surface area contributed by atoms with Crippen LogP contribution >= 0.6 is 24.0 Å². The quantitative estimate of drug-likeness (QED) is 0.909. The largest absolute Gasteiger partial charge is 0.314 e. The van der Waals surface area contributed by atoms with Crippen LogP contribution in [-0.2, 0) is 0 Å². The molecule has 0 saturated carbocycles. The molecule has 2 rings (SSSR count). The van der Waals surface area contributed by atoms with Crippen molar-refractivity contribution < 1.29 is 8.78 Å². The summed E-state index contributed by atoms with van der Waals surface area (Å²) in [5.74, 6) is 0. The third-order valence-corrected chi connectivity index (χ3v) is 3.98. The second-order valence-corrected chi connectivity index (χ2v) is 5.34. The Morgan fingerprint density at radius 2 is 1.95 bits per heavy atom. The van der Waals surface area contributed by atoms with Gasteiger partial charge in [-0.05, 0) is 24.1 Å². The van der Waals surface area contributed by atoms with Crippen molar-refractivity contribution in [3.8, 4) is 0 Å². The van der Waals surface area contributed by atoms with Crippen molar-refractivity contribution in [1.29, 1.82) is 0 Å². The molecule has 0 unspecified atom stereocenters. The minimum atomic E-state index is -2.31. The van der Waals surface area contributed by atoms with Gasteiger partial charge < -0.3 is 5.32 Å². The molecule has 1 N–H and O–H groups in total. The van der Waals surface area contributed by atoms with E-state index in [1.807, 2.05) is 25.1 Å². The van der Waals surface area contributed by atoms with Crippen LogP contribution in [0.15, 0.2) is 18.2 Å². The Labute approximate surface area is 129 Å². The standard InChI is InChI=1S/C14H19ClF2N2.ClH/c1-10-2-3-11(8-12(10)15)13(9-14(16)17)19-6-4-18-5-7-19;/h2-3,8,13-14,18H,4-7,9H2,1H3;1H/t13-;/m0./s1. The fourth-order valence-corrected chi connectivity index (χ4v) is 2.66. The van der Waals surface area contributed by atoms with Crippen molar-refractivity contribution in [2.75, 3.05) is 26.2 Å². The van der Waals surface area contributed by atoms with Gasteiger partial charge in [-0.2, -0.15) is 0 Å². The second-order valence-electron chi connectivity index (χ2n) is 4.94. The first-order chi connectivity index (χ1) is 9.08. The van der Waals surface area contributed by atoms with Crippen LogP contribution in [0.2, 0.25) is 5.02 Å². The van der Waals surface area contributed by atoms with Crippen molar-refractivity contribution in [3.05, 3.63) is 34.3 Å². The Hall–Kier alpha value is -0.420. The van der Waals surface area contributed by atoms with Gasteiger partial charge in [-0.15, -0.1) is 12.4 Å². The molecule has 0 bridgehead atoms.